The van der Waals surface area contributed by atoms with Crippen molar-refractivity contribution in [1.82, 2.24) is 20.0 Å². The third kappa shape index (κ3) is 4.69. The molecule has 3 atom stereocenters. The summed E-state index contributed by atoms with van der Waals surface area (Å²) in [6.45, 7) is 7.56. The standard InChI is InChI=1S/C18H28N4O4S/c1-12(9-22-14(3)6-13(2)20-22)8-19-18(24)15-7-17(23)21(10-15)16-4-5-27(25,26)11-16/h6,12,15-16H,4-5,7-11H2,1-3H3,(H,19,24). The lowest BCUT2D eigenvalue weighted by atomic mass is 10.1. The van der Waals surface area contributed by atoms with Crippen LogP contribution in [0.2, 0.25) is 0 Å². The first-order valence-corrected chi connectivity index (χ1v) is 11.3. The van der Waals surface area contributed by atoms with Gasteiger partial charge in [-0.25, -0.2) is 8.42 Å². The van der Waals surface area contributed by atoms with Gasteiger partial charge >= 0.3 is 0 Å². The second-order valence-electron chi connectivity index (χ2n) is 7.96. The fourth-order valence-electron chi connectivity index (χ4n) is 3.92. The molecule has 3 rings (SSSR count). The fourth-order valence-corrected chi connectivity index (χ4v) is 5.65. The van der Waals surface area contributed by atoms with Gasteiger partial charge in [-0.3, -0.25) is 14.3 Å². The first-order chi connectivity index (χ1) is 12.6. The molecule has 3 heterocycles. The second-order valence-corrected chi connectivity index (χ2v) is 10.2. The molecule has 2 saturated heterocycles. The summed E-state index contributed by atoms with van der Waals surface area (Å²) < 4.78 is 25.2. The van der Waals surface area contributed by atoms with Crippen molar-refractivity contribution in [2.24, 2.45) is 11.8 Å². The van der Waals surface area contributed by atoms with E-state index in [4.69, 9.17) is 0 Å². The van der Waals surface area contributed by atoms with Gasteiger partial charge in [-0.1, -0.05) is 6.92 Å². The van der Waals surface area contributed by atoms with Crippen LogP contribution in [0, 0.1) is 25.7 Å². The van der Waals surface area contributed by atoms with Crippen molar-refractivity contribution in [2.45, 2.75) is 46.2 Å². The molecule has 27 heavy (non-hydrogen) atoms. The molecule has 150 valence electrons. The van der Waals surface area contributed by atoms with E-state index in [1.54, 1.807) is 4.90 Å². The summed E-state index contributed by atoms with van der Waals surface area (Å²) in [5, 5.41) is 7.38. The number of nitrogens with one attached hydrogen (secondary N) is 1. The summed E-state index contributed by atoms with van der Waals surface area (Å²) >= 11 is 0. The van der Waals surface area contributed by atoms with Gasteiger partial charge in [0.1, 0.15) is 0 Å². The smallest absolute Gasteiger partial charge is 0.225 e. The zero-order valence-electron chi connectivity index (χ0n) is 16.1. The van der Waals surface area contributed by atoms with Gasteiger partial charge in [0.05, 0.1) is 23.1 Å². The van der Waals surface area contributed by atoms with Crippen molar-refractivity contribution in [3.63, 3.8) is 0 Å². The number of hydrogen-bond donors (Lipinski definition) is 1. The number of hydrogen-bond acceptors (Lipinski definition) is 5. The van der Waals surface area contributed by atoms with Crippen LogP contribution in [-0.2, 0) is 26.0 Å². The van der Waals surface area contributed by atoms with Crippen LogP contribution < -0.4 is 5.32 Å². The molecule has 0 saturated carbocycles. The Kier molecular flexibility index (Phi) is 5.60. The molecule has 1 aromatic heterocycles. The van der Waals surface area contributed by atoms with Crippen LogP contribution in [0.15, 0.2) is 6.07 Å². The normalized spacial score (nSPS) is 25.7. The Morgan fingerprint density at radius 2 is 2.15 bits per heavy atom. The maximum absolute atomic E-state index is 12.5. The Hall–Kier alpha value is -1.90. The Balaban J connectivity index is 1.48. The molecular weight excluding hydrogens is 368 g/mol. The van der Waals surface area contributed by atoms with Crippen LogP contribution in [0.1, 0.15) is 31.2 Å². The lowest BCUT2D eigenvalue weighted by Gasteiger charge is -2.23. The van der Waals surface area contributed by atoms with E-state index in [2.05, 4.69) is 10.4 Å². The van der Waals surface area contributed by atoms with Crippen LogP contribution in [0.3, 0.4) is 0 Å². The number of sulfone groups is 1. The second kappa shape index (κ2) is 7.61. The van der Waals surface area contributed by atoms with Crippen LogP contribution in [0.4, 0.5) is 0 Å². The van der Waals surface area contributed by atoms with Gasteiger partial charge < -0.3 is 10.2 Å². The monoisotopic (exact) mass is 396 g/mol. The Labute approximate surface area is 160 Å². The minimum absolute atomic E-state index is 0.0206. The van der Waals surface area contributed by atoms with Crippen molar-refractivity contribution in [1.29, 1.82) is 0 Å². The molecule has 8 nitrogen and oxygen atoms in total. The molecule has 3 unspecified atom stereocenters. The predicted molar refractivity (Wildman–Crippen MR) is 101 cm³/mol. The minimum Gasteiger partial charge on any atom is -0.355 e. The summed E-state index contributed by atoms with van der Waals surface area (Å²) in [5.41, 5.74) is 2.07. The average molecular weight is 397 g/mol. The number of amides is 2. The van der Waals surface area contributed by atoms with E-state index in [0.29, 0.717) is 19.5 Å². The summed E-state index contributed by atoms with van der Waals surface area (Å²) in [6, 6.07) is 1.75. The van der Waals surface area contributed by atoms with Crippen LogP contribution >= 0.6 is 0 Å². The molecule has 9 heteroatoms. The van der Waals surface area contributed by atoms with Crippen LogP contribution in [0.5, 0.6) is 0 Å². The molecule has 2 aliphatic rings. The molecule has 2 fully saturated rings. The highest BCUT2D eigenvalue weighted by Crippen LogP contribution is 2.26. The fraction of sp³-hybridized carbons (Fsp3) is 0.722. The largest absolute Gasteiger partial charge is 0.355 e. The lowest BCUT2D eigenvalue weighted by molar-refractivity contribution is -0.130. The summed E-state index contributed by atoms with van der Waals surface area (Å²) in [5.74, 6) is -0.295. The molecule has 0 aromatic carbocycles. The van der Waals surface area contributed by atoms with E-state index in [0.717, 1.165) is 17.9 Å². The van der Waals surface area contributed by atoms with E-state index in [9.17, 15) is 18.0 Å². The Bertz CT molecular complexity index is 832. The number of nitrogens with zero attached hydrogens (tertiary/aromatic N) is 3. The van der Waals surface area contributed by atoms with E-state index in [-0.39, 0.29) is 41.7 Å². The van der Waals surface area contributed by atoms with Gasteiger partial charge in [-0.2, -0.15) is 5.10 Å². The van der Waals surface area contributed by atoms with Crippen molar-refractivity contribution in [3.05, 3.63) is 17.5 Å². The number of carbonyl (C=O) groups is 2. The van der Waals surface area contributed by atoms with Gasteiger partial charge in [0.15, 0.2) is 9.84 Å². The molecule has 0 bridgehead atoms. The number of aryl methyl sites for hydroxylation is 2. The first-order valence-electron chi connectivity index (χ1n) is 9.43. The van der Waals surface area contributed by atoms with E-state index in [1.807, 2.05) is 31.5 Å². The molecule has 0 radical (unpaired) electrons. The minimum atomic E-state index is -3.05. The van der Waals surface area contributed by atoms with Gasteiger partial charge in [0, 0.05) is 37.8 Å². The van der Waals surface area contributed by atoms with Gasteiger partial charge in [-0.15, -0.1) is 0 Å². The van der Waals surface area contributed by atoms with Crippen LogP contribution in [0.25, 0.3) is 0 Å². The van der Waals surface area contributed by atoms with Gasteiger partial charge in [-0.05, 0) is 32.3 Å². The Morgan fingerprint density at radius 1 is 1.41 bits per heavy atom. The summed E-state index contributed by atoms with van der Waals surface area (Å²) in [6.07, 6.45) is 0.635. The lowest BCUT2D eigenvalue weighted by Crippen LogP contribution is -2.39. The van der Waals surface area contributed by atoms with E-state index < -0.39 is 15.8 Å². The molecule has 2 amide bonds. The molecular formula is C18H28N4O4S. The third-order valence-electron chi connectivity index (χ3n) is 5.39. The molecule has 0 aliphatic carbocycles. The van der Waals surface area contributed by atoms with Gasteiger partial charge in [0.25, 0.3) is 0 Å². The first kappa shape index (κ1) is 19.9. The predicted octanol–water partition coefficient (Wildman–Crippen LogP) is 0.288. The summed E-state index contributed by atoms with van der Waals surface area (Å²) in [7, 11) is -3.05. The quantitative estimate of drug-likeness (QED) is 0.745. The van der Waals surface area contributed by atoms with Crippen molar-refractivity contribution in [3.8, 4) is 0 Å². The van der Waals surface area contributed by atoms with Crippen molar-refractivity contribution >= 4 is 21.7 Å². The maximum atomic E-state index is 12.5. The molecule has 2 aliphatic heterocycles. The molecule has 1 aromatic rings. The summed E-state index contributed by atoms with van der Waals surface area (Å²) in [4.78, 5) is 26.3. The number of likely N-dealkylation sites (tertiary alicyclic amines) is 1. The third-order valence-corrected chi connectivity index (χ3v) is 7.14. The number of aromatic nitrogens is 2. The zero-order valence-corrected chi connectivity index (χ0v) is 17.0. The van der Waals surface area contributed by atoms with Crippen molar-refractivity contribution < 1.29 is 18.0 Å². The number of carbonyl (C=O) groups excluding carboxylic acids is 2. The van der Waals surface area contributed by atoms with Crippen LogP contribution in [-0.4, -0.2) is 65.5 Å². The van der Waals surface area contributed by atoms with Gasteiger partial charge in [0.2, 0.25) is 11.8 Å². The molecule has 0 spiro atoms. The number of rotatable bonds is 6. The maximum Gasteiger partial charge on any atom is 0.225 e. The van der Waals surface area contributed by atoms with Crippen molar-refractivity contribution in [2.75, 3.05) is 24.6 Å². The zero-order chi connectivity index (χ0) is 19.8. The highest BCUT2D eigenvalue weighted by atomic mass is 32.2. The highest BCUT2D eigenvalue weighted by molar-refractivity contribution is 7.91. The van der Waals surface area contributed by atoms with E-state index in [1.165, 1.54) is 0 Å². The van der Waals surface area contributed by atoms with E-state index >= 15 is 0 Å². The SMILES string of the molecule is Cc1cc(C)n(CC(C)CNC(=O)C2CC(=O)N(C3CCS(=O)(=O)C3)C2)n1. The Morgan fingerprint density at radius 3 is 2.74 bits per heavy atom. The topological polar surface area (TPSA) is 101 Å². The highest BCUT2D eigenvalue weighted by Gasteiger charge is 2.41. The molecule has 1 N–H and O–H groups in total. The average Bonchev–Trinajstić information content (AvgIpc) is 3.22.